The number of hydrogen-bond donors (Lipinski definition) is 2. The van der Waals surface area contributed by atoms with Crippen molar-refractivity contribution in [1.82, 2.24) is 9.88 Å². The molecule has 0 saturated carbocycles. The molecule has 6 heteroatoms. The van der Waals surface area contributed by atoms with Gasteiger partial charge < -0.3 is 19.7 Å². The summed E-state index contributed by atoms with van der Waals surface area (Å²) in [6.07, 6.45) is 2.54. The molecule has 0 unspecified atom stereocenters. The maximum absolute atomic E-state index is 11.5. The standard InChI is InChI=1S/C16H20N2O4/c1-18(2)8-7-11-10-17-14-9-12(3-4-13(11)14)22-16(21)6-5-15(19)20/h3-4,9-10,17H,5-8H2,1-2H3,(H,19,20). The van der Waals surface area contributed by atoms with Gasteiger partial charge >= 0.3 is 11.9 Å². The lowest BCUT2D eigenvalue weighted by molar-refractivity contribution is -0.142. The molecule has 0 spiro atoms. The fraction of sp³-hybridized carbons (Fsp3) is 0.375. The van der Waals surface area contributed by atoms with Crippen LogP contribution in [0, 0.1) is 0 Å². The van der Waals surface area contributed by atoms with Gasteiger partial charge in [-0.25, -0.2) is 0 Å². The first-order valence-electron chi connectivity index (χ1n) is 7.13. The number of carboxylic acid groups (broad SMARTS) is 1. The van der Waals surface area contributed by atoms with Gasteiger partial charge in [-0.05, 0) is 38.2 Å². The Hall–Kier alpha value is -2.34. The zero-order chi connectivity index (χ0) is 16.1. The van der Waals surface area contributed by atoms with Crippen LogP contribution in [0.1, 0.15) is 18.4 Å². The first kappa shape index (κ1) is 16.0. The number of nitrogens with zero attached hydrogens (tertiary/aromatic N) is 1. The van der Waals surface area contributed by atoms with Crippen molar-refractivity contribution in [2.75, 3.05) is 20.6 Å². The van der Waals surface area contributed by atoms with E-state index < -0.39 is 11.9 Å². The van der Waals surface area contributed by atoms with Gasteiger partial charge in [0.2, 0.25) is 0 Å². The van der Waals surface area contributed by atoms with E-state index in [0.29, 0.717) is 5.75 Å². The summed E-state index contributed by atoms with van der Waals surface area (Å²) in [5, 5.41) is 9.65. The first-order valence-corrected chi connectivity index (χ1v) is 7.13. The third-order valence-electron chi connectivity index (χ3n) is 3.34. The Labute approximate surface area is 128 Å². The summed E-state index contributed by atoms with van der Waals surface area (Å²) in [5.74, 6) is -1.13. The molecule has 0 aliphatic carbocycles. The Kier molecular flexibility index (Phi) is 5.16. The van der Waals surface area contributed by atoms with Gasteiger partial charge in [0.05, 0.1) is 12.8 Å². The molecule has 0 bridgehead atoms. The fourth-order valence-corrected chi connectivity index (χ4v) is 2.17. The summed E-state index contributed by atoms with van der Waals surface area (Å²) in [4.78, 5) is 27.3. The third kappa shape index (κ3) is 4.33. The highest BCUT2D eigenvalue weighted by molar-refractivity contribution is 5.85. The van der Waals surface area contributed by atoms with E-state index in [9.17, 15) is 9.59 Å². The number of likely N-dealkylation sites (N-methyl/N-ethyl adjacent to an activating group) is 1. The van der Waals surface area contributed by atoms with E-state index in [-0.39, 0.29) is 12.8 Å². The van der Waals surface area contributed by atoms with Gasteiger partial charge in [-0.1, -0.05) is 0 Å². The van der Waals surface area contributed by atoms with Crippen molar-refractivity contribution in [3.63, 3.8) is 0 Å². The number of nitrogens with one attached hydrogen (secondary N) is 1. The Morgan fingerprint density at radius 3 is 2.73 bits per heavy atom. The van der Waals surface area contributed by atoms with Crippen molar-refractivity contribution in [3.05, 3.63) is 30.0 Å². The van der Waals surface area contributed by atoms with Crippen molar-refractivity contribution in [3.8, 4) is 5.75 Å². The molecule has 0 atom stereocenters. The largest absolute Gasteiger partial charge is 0.481 e. The van der Waals surface area contributed by atoms with Crippen molar-refractivity contribution < 1.29 is 19.4 Å². The van der Waals surface area contributed by atoms with Crippen LogP contribution in [0.4, 0.5) is 0 Å². The van der Waals surface area contributed by atoms with Crippen molar-refractivity contribution in [2.24, 2.45) is 0 Å². The maximum atomic E-state index is 11.5. The smallest absolute Gasteiger partial charge is 0.311 e. The molecule has 6 nitrogen and oxygen atoms in total. The number of ether oxygens (including phenoxy) is 1. The summed E-state index contributed by atoms with van der Waals surface area (Å²) in [7, 11) is 4.06. The maximum Gasteiger partial charge on any atom is 0.311 e. The number of esters is 1. The summed E-state index contributed by atoms with van der Waals surface area (Å²) in [5.41, 5.74) is 2.12. The molecule has 0 aliphatic heterocycles. The van der Waals surface area contributed by atoms with Crippen molar-refractivity contribution in [2.45, 2.75) is 19.3 Å². The topological polar surface area (TPSA) is 82.6 Å². The number of H-pyrrole nitrogens is 1. The molecule has 2 rings (SSSR count). The number of hydrogen-bond acceptors (Lipinski definition) is 4. The van der Waals surface area contributed by atoms with Crippen LogP contribution in [0.15, 0.2) is 24.4 Å². The molecule has 1 aromatic heterocycles. The fourth-order valence-electron chi connectivity index (χ4n) is 2.17. The second kappa shape index (κ2) is 7.09. The Morgan fingerprint density at radius 2 is 2.05 bits per heavy atom. The number of carbonyl (C=O) groups is 2. The highest BCUT2D eigenvalue weighted by Gasteiger charge is 2.10. The SMILES string of the molecule is CN(C)CCc1c[nH]c2cc(OC(=O)CCC(=O)O)ccc12. The average molecular weight is 304 g/mol. The minimum atomic E-state index is -1.01. The number of rotatable bonds is 7. The molecule has 0 radical (unpaired) electrons. The van der Waals surface area contributed by atoms with Crippen LogP contribution in [0.5, 0.6) is 5.75 Å². The zero-order valence-corrected chi connectivity index (χ0v) is 12.8. The van der Waals surface area contributed by atoms with Crippen LogP contribution in [-0.2, 0) is 16.0 Å². The highest BCUT2D eigenvalue weighted by atomic mass is 16.5. The van der Waals surface area contributed by atoms with Gasteiger partial charge in [-0.3, -0.25) is 9.59 Å². The molecule has 0 fully saturated rings. The van der Waals surface area contributed by atoms with Gasteiger partial charge in [0.15, 0.2) is 0 Å². The molecular weight excluding hydrogens is 284 g/mol. The number of carboxylic acids is 1. The van der Waals surface area contributed by atoms with Crippen LogP contribution < -0.4 is 4.74 Å². The Bertz CT molecular complexity index is 676. The lowest BCUT2D eigenvalue weighted by Crippen LogP contribution is -2.14. The normalized spacial score (nSPS) is 11.0. The molecule has 118 valence electrons. The quantitative estimate of drug-likeness (QED) is 0.604. The summed E-state index contributed by atoms with van der Waals surface area (Å²) >= 11 is 0. The molecule has 0 aliphatic rings. The van der Waals surface area contributed by atoms with E-state index in [1.165, 1.54) is 5.56 Å². The minimum absolute atomic E-state index is 0.133. The van der Waals surface area contributed by atoms with E-state index in [0.717, 1.165) is 23.9 Å². The molecule has 1 heterocycles. The Balaban J connectivity index is 2.05. The van der Waals surface area contributed by atoms with Crippen LogP contribution in [0.3, 0.4) is 0 Å². The lowest BCUT2D eigenvalue weighted by Gasteiger charge is -2.08. The van der Waals surface area contributed by atoms with Gasteiger partial charge in [0, 0.05) is 29.7 Å². The monoisotopic (exact) mass is 304 g/mol. The van der Waals surface area contributed by atoms with E-state index in [1.54, 1.807) is 12.1 Å². The van der Waals surface area contributed by atoms with Gasteiger partial charge in [0.25, 0.3) is 0 Å². The number of aliphatic carboxylic acids is 1. The van der Waals surface area contributed by atoms with Gasteiger partial charge in [-0.2, -0.15) is 0 Å². The zero-order valence-electron chi connectivity index (χ0n) is 12.8. The van der Waals surface area contributed by atoms with E-state index in [4.69, 9.17) is 9.84 Å². The molecular formula is C16H20N2O4. The van der Waals surface area contributed by atoms with Crippen LogP contribution in [0.25, 0.3) is 10.9 Å². The predicted octanol–water partition coefficient (Wildman–Crippen LogP) is 2.04. The summed E-state index contributed by atoms with van der Waals surface area (Å²) in [6, 6.07) is 5.40. The third-order valence-corrected chi connectivity index (χ3v) is 3.34. The molecule has 0 amide bonds. The molecule has 1 aromatic carbocycles. The number of carbonyl (C=O) groups excluding carboxylic acids is 1. The highest BCUT2D eigenvalue weighted by Crippen LogP contribution is 2.24. The lowest BCUT2D eigenvalue weighted by atomic mass is 10.1. The average Bonchev–Trinajstić information content (AvgIpc) is 2.85. The number of benzene rings is 1. The van der Waals surface area contributed by atoms with E-state index in [2.05, 4.69) is 9.88 Å². The minimum Gasteiger partial charge on any atom is -0.481 e. The molecule has 0 saturated heterocycles. The van der Waals surface area contributed by atoms with Gasteiger partial charge in [0.1, 0.15) is 5.75 Å². The van der Waals surface area contributed by atoms with Crippen LogP contribution in [0.2, 0.25) is 0 Å². The first-order chi connectivity index (χ1) is 10.5. The second-order valence-corrected chi connectivity index (χ2v) is 5.44. The van der Waals surface area contributed by atoms with E-state index in [1.807, 2.05) is 26.4 Å². The number of aromatic nitrogens is 1. The van der Waals surface area contributed by atoms with Crippen molar-refractivity contribution in [1.29, 1.82) is 0 Å². The molecule has 2 aromatic rings. The number of aromatic amines is 1. The van der Waals surface area contributed by atoms with E-state index >= 15 is 0 Å². The molecule has 22 heavy (non-hydrogen) atoms. The Morgan fingerprint density at radius 1 is 1.27 bits per heavy atom. The summed E-state index contributed by atoms with van der Waals surface area (Å²) < 4.78 is 5.15. The summed E-state index contributed by atoms with van der Waals surface area (Å²) in [6.45, 7) is 0.957. The second-order valence-electron chi connectivity index (χ2n) is 5.44. The predicted molar refractivity (Wildman–Crippen MR) is 83.1 cm³/mol. The van der Waals surface area contributed by atoms with Crippen molar-refractivity contribution >= 4 is 22.8 Å². The number of fused-ring (bicyclic) bond motifs is 1. The molecule has 2 N–H and O–H groups in total. The van der Waals surface area contributed by atoms with Crippen LogP contribution in [-0.4, -0.2) is 47.6 Å². The van der Waals surface area contributed by atoms with Crippen LogP contribution >= 0.6 is 0 Å². The van der Waals surface area contributed by atoms with Gasteiger partial charge in [-0.15, -0.1) is 0 Å².